The van der Waals surface area contributed by atoms with Crippen molar-refractivity contribution in [2.24, 2.45) is 0 Å². The fourth-order valence-electron chi connectivity index (χ4n) is 5.04. The molecular weight excluding hydrogens is 420 g/mol. The largest absolute Gasteiger partial charge is 0.423 e. The molecule has 3 aromatic carbocycles. The van der Waals surface area contributed by atoms with Crippen molar-refractivity contribution in [2.75, 3.05) is 26.2 Å². The third-order valence-corrected chi connectivity index (χ3v) is 6.92. The number of rotatable bonds is 6. The van der Waals surface area contributed by atoms with E-state index in [0.29, 0.717) is 11.5 Å². The minimum Gasteiger partial charge on any atom is -0.423 e. The van der Waals surface area contributed by atoms with Crippen molar-refractivity contribution in [1.29, 1.82) is 0 Å². The van der Waals surface area contributed by atoms with Gasteiger partial charge in [-0.3, -0.25) is 9.80 Å². The highest BCUT2D eigenvalue weighted by Gasteiger charge is 2.26. The Hall–Kier alpha value is -3.21. The van der Waals surface area contributed by atoms with E-state index in [4.69, 9.17) is 4.42 Å². The molecule has 4 nitrogen and oxygen atoms in total. The van der Waals surface area contributed by atoms with Gasteiger partial charge in [0.15, 0.2) is 0 Å². The lowest BCUT2D eigenvalue weighted by atomic mass is 9.96. The minimum absolute atomic E-state index is 0.253. The number of hydrogen-bond acceptors (Lipinski definition) is 4. The van der Waals surface area contributed by atoms with E-state index < -0.39 is 0 Å². The van der Waals surface area contributed by atoms with Gasteiger partial charge in [0.25, 0.3) is 0 Å². The van der Waals surface area contributed by atoms with Crippen molar-refractivity contribution in [2.45, 2.75) is 32.4 Å². The molecule has 2 heterocycles. The van der Waals surface area contributed by atoms with Crippen LogP contribution in [0.5, 0.6) is 0 Å². The van der Waals surface area contributed by atoms with E-state index in [0.717, 1.165) is 43.7 Å². The first-order chi connectivity index (χ1) is 16.6. The molecule has 0 radical (unpaired) electrons. The predicted octanol–water partition coefficient (Wildman–Crippen LogP) is 5.82. The predicted molar refractivity (Wildman–Crippen MR) is 138 cm³/mol. The van der Waals surface area contributed by atoms with Crippen LogP contribution in [-0.2, 0) is 6.54 Å². The van der Waals surface area contributed by atoms with Crippen molar-refractivity contribution >= 4 is 11.0 Å². The van der Waals surface area contributed by atoms with Gasteiger partial charge in [-0.2, -0.15) is 0 Å². The lowest BCUT2D eigenvalue weighted by molar-refractivity contribution is 0.105. The first kappa shape index (κ1) is 22.6. The van der Waals surface area contributed by atoms with Gasteiger partial charge in [-0.05, 0) is 40.3 Å². The van der Waals surface area contributed by atoms with Crippen LogP contribution in [-0.4, -0.2) is 36.0 Å². The molecule has 1 fully saturated rings. The molecule has 4 aromatic rings. The Kier molecular flexibility index (Phi) is 6.61. The topological polar surface area (TPSA) is 36.7 Å². The van der Waals surface area contributed by atoms with E-state index >= 15 is 0 Å². The highest BCUT2D eigenvalue weighted by Crippen LogP contribution is 2.30. The maximum absolute atomic E-state index is 12.2. The summed E-state index contributed by atoms with van der Waals surface area (Å²) in [6.07, 6.45) is 0. The third kappa shape index (κ3) is 4.84. The fraction of sp³-hybridized carbons (Fsp3) is 0.300. The molecule has 0 aliphatic carbocycles. The Balaban J connectivity index is 1.36. The van der Waals surface area contributed by atoms with Gasteiger partial charge in [-0.15, -0.1) is 0 Å². The second kappa shape index (κ2) is 9.96. The van der Waals surface area contributed by atoms with Gasteiger partial charge in [0.1, 0.15) is 5.58 Å². The molecule has 0 saturated carbocycles. The van der Waals surface area contributed by atoms with Gasteiger partial charge >= 0.3 is 5.63 Å². The van der Waals surface area contributed by atoms with Crippen molar-refractivity contribution in [3.05, 3.63) is 118 Å². The molecule has 0 atom stereocenters. The fourth-order valence-corrected chi connectivity index (χ4v) is 5.04. The molecule has 5 rings (SSSR count). The van der Waals surface area contributed by atoms with Crippen molar-refractivity contribution in [1.82, 2.24) is 9.80 Å². The van der Waals surface area contributed by atoms with Crippen LogP contribution in [0.2, 0.25) is 0 Å². The molecular formula is C30H32N2O2. The summed E-state index contributed by atoms with van der Waals surface area (Å²) < 4.78 is 5.49. The van der Waals surface area contributed by atoms with Crippen LogP contribution < -0.4 is 5.63 Å². The zero-order chi connectivity index (χ0) is 23.5. The molecule has 0 unspecified atom stereocenters. The zero-order valence-electron chi connectivity index (χ0n) is 20.0. The number of nitrogens with zero attached hydrogens (tertiary/aromatic N) is 2. The second-order valence-corrected chi connectivity index (χ2v) is 9.54. The first-order valence-electron chi connectivity index (χ1n) is 12.2. The van der Waals surface area contributed by atoms with Gasteiger partial charge in [0.05, 0.1) is 6.04 Å². The van der Waals surface area contributed by atoms with E-state index in [-0.39, 0.29) is 11.7 Å². The lowest BCUT2D eigenvalue weighted by Crippen LogP contribution is -2.47. The Morgan fingerprint density at radius 2 is 1.38 bits per heavy atom. The summed E-state index contributed by atoms with van der Waals surface area (Å²) in [5.74, 6) is 0.431. The van der Waals surface area contributed by atoms with Crippen LogP contribution >= 0.6 is 0 Å². The average molecular weight is 453 g/mol. The summed E-state index contributed by atoms with van der Waals surface area (Å²) >= 11 is 0. The molecule has 34 heavy (non-hydrogen) atoms. The smallest absolute Gasteiger partial charge is 0.336 e. The normalized spacial score (nSPS) is 15.4. The van der Waals surface area contributed by atoms with Crippen LogP contribution in [0.15, 0.2) is 94.1 Å². The zero-order valence-corrected chi connectivity index (χ0v) is 20.0. The van der Waals surface area contributed by atoms with Crippen molar-refractivity contribution in [3.8, 4) is 0 Å². The van der Waals surface area contributed by atoms with Gasteiger partial charge in [-0.1, -0.05) is 80.6 Å². The molecule has 174 valence electrons. The SMILES string of the molecule is CC(C)c1ccc2oc(=O)cc(CN3CCN(C(c4ccccc4)c4ccccc4)CC3)c2c1. The van der Waals surface area contributed by atoms with E-state index in [2.05, 4.69) is 96.4 Å². The van der Waals surface area contributed by atoms with E-state index in [1.165, 1.54) is 16.7 Å². The number of piperazine rings is 1. The highest BCUT2D eigenvalue weighted by molar-refractivity contribution is 5.81. The average Bonchev–Trinajstić information content (AvgIpc) is 2.86. The van der Waals surface area contributed by atoms with Crippen LogP contribution in [0.1, 0.15) is 48.1 Å². The van der Waals surface area contributed by atoms with Crippen molar-refractivity contribution < 1.29 is 4.42 Å². The molecule has 0 bridgehead atoms. The second-order valence-electron chi connectivity index (χ2n) is 9.54. The quantitative estimate of drug-likeness (QED) is 0.345. The van der Waals surface area contributed by atoms with Gasteiger partial charge in [-0.25, -0.2) is 4.79 Å². The molecule has 4 heteroatoms. The standard InChI is InChI=1S/C30H32N2O2/c1-22(2)25-13-14-28-27(19-25)26(20-29(33)34-28)21-31-15-17-32(18-16-31)30(23-9-5-3-6-10-23)24-11-7-4-8-12-24/h3-14,19-20,22,30H,15-18,21H2,1-2H3. The number of fused-ring (bicyclic) bond motifs is 1. The molecule has 1 aliphatic heterocycles. The van der Waals surface area contributed by atoms with Crippen molar-refractivity contribution in [3.63, 3.8) is 0 Å². The Labute approximate surface area is 201 Å². The van der Waals surface area contributed by atoms with Crippen LogP contribution in [0.3, 0.4) is 0 Å². The Morgan fingerprint density at radius 3 is 1.97 bits per heavy atom. The van der Waals surface area contributed by atoms with E-state index in [1.807, 2.05) is 6.07 Å². The molecule has 0 N–H and O–H groups in total. The van der Waals surface area contributed by atoms with E-state index in [9.17, 15) is 4.79 Å². The maximum Gasteiger partial charge on any atom is 0.336 e. The summed E-state index contributed by atoms with van der Waals surface area (Å²) in [6, 6.07) is 29.7. The first-order valence-corrected chi connectivity index (χ1v) is 12.2. The Bertz CT molecular complexity index is 1250. The molecule has 0 spiro atoms. The number of hydrogen-bond donors (Lipinski definition) is 0. The number of benzene rings is 3. The highest BCUT2D eigenvalue weighted by atomic mass is 16.4. The van der Waals surface area contributed by atoms with Gasteiger partial charge < -0.3 is 4.42 Å². The molecule has 1 aliphatic rings. The maximum atomic E-state index is 12.2. The van der Waals surface area contributed by atoms with Crippen LogP contribution in [0.25, 0.3) is 11.0 Å². The molecule has 0 amide bonds. The summed E-state index contributed by atoms with van der Waals surface area (Å²) in [4.78, 5) is 17.3. The summed E-state index contributed by atoms with van der Waals surface area (Å²) in [5, 5.41) is 1.06. The monoisotopic (exact) mass is 452 g/mol. The summed E-state index contributed by atoms with van der Waals surface area (Å²) in [6.45, 7) is 9.02. The van der Waals surface area contributed by atoms with E-state index in [1.54, 1.807) is 6.07 Å². The summed E-state index contributed by atoms with van der Waals surface area (Å²) in [5.41, 5.74) is 5.39. The minimum atomic E-state index is -0.272. The van der Waals surface area contributed by atoms with Gasteiger partial charge in [0.2, 0.25) is 0 Å². The Morgan fingerprint density at radius 1 is 0.765 bits per heavy atom. The molecule has 1 aromatic heterocycles. The molecule has 1 saturated heterocycles. The van der Waals surface area contributed by atoms with Crippen LogP contribution in [0.4, 0.5) is 0 Å². The third-order valence-electron chi connectivity index (χ3n) is 6.92. The summed E-state index contributed by atoms with van der Waals surface area (Å²) in [7, 11) is 0. The van der Waals surface area contributed by atoms with Gasteiger partial charge in [0, 0.05) is 44.2 Å². The lowest BCUT2D eigenvalue weighted by Gasteiger charge is -2.40. The van der Waals surface area contributed by atoms with Crippen LogP contribution in [0, 0.1) is 0 Å².